The van der Waals surface area contributed by atoms with Gasteiger partial charge in [-0.2, -0.15) is 5.10 Å². The van der Waals surface area contributed by atoms with Crippen molar-refractivity contribution >= 4 is 43.8 Å². The van der Waals surface area contributed by atoms with Crippen molar-refractivity contribution in [1.29, 1.82) is 0 Å². The summed E-state index contributed by atoms with van der Waals surface area (Å²) in [4.78, 5) is 12.4. The molecule has 26 heavy (non-hydrogen) atoms. The Bertz CT molecular complexity index is 1110. The number of hydrogen-bond donors (Lipinski definition) is 1. The van der Waals surface area contributed by atoms with Gasteiger partial charge in [-0.3, -0.25) is 9.48 Å². The molecule has 3 heterocycles. The third-order valence-corrected chi connectivity index (χ3v) is 4.99. The molecule has 0 spiro atoms. The molecule has 134 valence electrons. The largest absolute Gasteiger partial charge is 0.448 e. The van der Waals surface area contributed by atoms with Crippen LogP contribution < -0.4 is 5.32 Å². The summed E-state index contributed by atoms with van der Waals surface area (Å²) >= 11 is 3.30. The van der Waals surface area contributed by atoms with Gasteiger partial charge in [0.2, 0.25) is 0 Å². The maximum absolute atomic E-state index is 12.4. The maximum Gasteiger partial charge on any atom is 0.268 e. The van der Waals surface area contributed by atoms with Crippen LogP contribution in [0.1, 0.15) is 22.5 Å². The molecular weight excluding hydrogens is 396 g/mol. The topological polar surface area (TPSA) is 65.0 Å². The van der Waals surface area contributed by atoms with Crippen LogP contribution >= 0.6 is 15.9 Å². The van der Waals surface area contributed by atoms with Crippen LogP contribution in [-0.4, -0.2) is 26.8 Å². The van der Waals surface area contributed by atoms with Crippen molar-refractivity contribution in [1.82, 2.24) is 19.7 Å². The van der Waals surface area contributed by atoms with E-state index in [0.717, 1.165) is 24.0 Å². The van der Waals surface area contributed by atoms with E-state index in [9.17, 15) is 4.79 Å². The van der Waals surface area contributed by atoms with E-state index < -0.39 is 0 Å². The number of amides is 1. The first kappa shape index (κ1) is 16.9. The number of furan rings is 1. The monoisotopic (exact) mass is 414 g/mol. The number of benzene rings is 1. The Morgan fingerprint density at radius 3 is 2.96 bits per heavy atom. The molecule has 0 saturated carbocycles. The Hall–Kier alpha value is -2.54. The summed E-state index contributed by atoms with van der Waals surface area (Å²) in [5.41, 5.74) is 4.41. The smallest absolute Gasteiger partial charge is 0.268 e. The Morgan fingerprint density at radius 1 is 1.35 bits per heavy atom. The normalized spacial score (nSPS) is 11.5. The Kier molecular flexibility index (Phi) is 4.32. The van der Waals surface area contributed by atoms with Gasteiger partial charge in [-0.1, -0.05) is 12.1 Å². The Labute approximate surface area is 158 Å². The second-order valence-corrected chi connectivity index (χ2v) is 7.18. The predicted octanol–water partition coefficient (Wildman–Crippen LogP) is 4.01. The van der Waals surface area contributed by atoms with Crippen molar-refractivity contribution in [3.8, 4) is 0 Å². The zero-order valence-corrected chi connectivity index (χ0v) is 16.2. The highest BCUT2D eigenvalue weighted by molar-refractivity contribution is 9.10. The molecular formula is C19H19BrN4O2. The highest BCUT2D eigenvalue weighted by Gasteiger charge is 2.16. The third-order valence-electron chi connectivity index (χ3n) is 4.60. The zero-order valence-electron chi connectivity index (χ0n) is 14.6. The second kappa shape index (κ2) is 6.64. The standard InChI is InChI=1S/C19H19BrN4O2/c1-12-5-3-6-14-13(12)11-24(22-14)8-4-7-21-19(25)16-9-17-15(23(16)2)10-18(20)26-17/h3,5-6,9-11H,4,7-8H2,1-2H3,(H,21,25). The SMILES string of the molecule is Cc1cccc2nn(CCCNC(=O)c3cc4oc(Br)cc4n3C)cc12. The highest BCUT2D eigenvalue weighted by atomic mass is 79.9. The molecule has 0 aliphatic rings. The van der Waals surface area contributed by atoms with Crippen molar-refractivity contribution in [2.24, 2.45) is 7.05 Å². The fourth-order valence-corrected chi connectivity index (χ4v) is 3.58. The summed E-state index contributed by atoms with van der Waals surface area (Å²) in [6, 6.07) is 9.74. The van der Waals surface area contributed by atoms with Crippen LogP contribution in [0.4, 0.5) is 0 Å². The van der Waals surface area contributed by atoms with Gasteiger partial charge in [0.05, 0.1) is 11.0 Å². The molecule has 7 heteroatoms. The third kappa shape index (κ3) is 3.03. The molecule has 1 N–H and O–H groups in total. The van der Waals surface area contributed by atoms with Crippen molar-refractivity contribution < 1.29 is 9.21 Å². The van der Waals surface area contributed by atoms with E-state index in [2.05, 4.69) is 45.5 Å². The average Bonchev–Trinajstić information content (AvgIpc) is 3.26. The van der Waals surface area contributed by atoms with E-state index in [1.54, 1.807) is 6.07 Å². The van der Waals surface area contributed by atoms with Crippen molar-refractivity contribution in [2.75, 3.05) is 6.54 Å². The highest BCUT2D eigenvalue weighted by Crippen LogP contribution is 2.26. The number of aromatic nitrogens is 3. The van der Waals surface area contributed by atoms with Gasteiger partial charge in [-0.05, 0) is 40.9 Å². The molecule has 0 unspecified atom stereocenters. The lowest BCUT2D eigenvalue weighted by Crippen LogP contribution is -2.27. The minimum atomic E-state index is -0.100. The van der Waals surface area contributed by atoms with Crippen LogP contribution in [0, 0.1) is 6.92 Å². The van der Waals surface area contributed by atoms with Gasteiger partial charge in [0.1, 0.15) is 5.69 Å². The molecule has 0 fully saturated rings. The number of fused-ring (bicyclic) bond motifs is 2. The van der Waals surface area contributed by atoms with E-state index >= 15 is 0 Å². The number of carbonyl (C=O) groups is 1. The van der Waals surface area contributed by atoms with E-state index in [4.69, 9.17) is 4.42 Å². The molecule has 0 radical (unpaired) electrons. The van der Waals surface area contributed by atoms with Crippen LogP contribution in [-0.2, 0) is 13.6 Å². The van der Waals surface area contributed by atoms with Crippen LogP contribution in [0.3, 0.4) is 0 Å². The second-order valence-electron chi connectivity index (χ2n) is 6.40. The summed E-state index contributed by atoms with van der Waals surface area (Å²) in [5, 5.41) is 8.72. The summed E-state index contributed by atoms with van der Waals surface area (Å²) in [6.07, 6.45) is 2.88. The van der Waals surface area contributed by atoms with Gasteiger partial charge >= 0.3 is 0 Å². The summed E-state index contributed by atoms with van der Waals surface area (Å²) in [6.45, 7) is 3.43. The lowest BCUT2D eigenvalue weighted by atomic mass is 10.1. The minimum Gasteiger partial charge on any atom is -0.448 e. The molecule has 4 aromatic rings. The molecule has 4 rings (SSSR count). The summed E-state index contributed by atoms with van der Waals surface area (Å²) < 4.78 is 9.94. The molecule has 1 amide bonds. The molecule has 1 aromatic carbocycles. The van der Waals surface area contributed by atoms with Gasteiger partial charge in [0.15, 0.2) is 10.3 Å². The first-order valence-electron chi connectivity index (χ1n) is 8.48. The molecule has 6 nitrogen and oxygen atoms in total. The lowest BCUT2D eigenvalue weighted by Gasteiger charge is -2.06. The molecule has 3 aromatic heterocycles. The van der Waals surface area contributed by atoms with Crippen LogP contribution in [0.15, 0.2) is 45.6 Å². The van der Waals surface area contributed by atoms with Crippen LogP contribution in [0.5, 0.6) is 0 Å². The number of halogens is 1. The van der Waals surface area contributed by atoms with Crippen molar-refractivity contribution in [2.45, 2.75) is 19.9 Å². The van der Waals surface area contributed by atoms with E-state index in [-0.39, 0.29) is 5.91 Å². The molecule has 0 aliphatic carbocycles. The number of nitrogens with one attached hydrogen (secondary N) is 1. The van der Waals surface area contributed by atoms with Gasteiger partial charge < -0.3 is 14.3 Å². The van der Waals surface area contributed by atoms with Crippen LogP contribution in [0.25, 0.3) is 22.0 Å². The quantitative estimate of drug-likeness (QED) is 0.501. The fourth-order valence-electron chi connectivity index (χ4n) is 3.18. The van der Waals surface area contributed by atoms with E-state index in [1.165, 1.54) is 10.9 Å². The van der Waals surface area contributed by atoms with Gasteiger partial charge in [-0.15, -0.1) is 0 Å². The number of nitrogens with zero attached hydrogens (tertiary/aromatic N) is 3. The Morgan fingerprint density at radius 2 is 2.19 bits per heavy atom. The van der Waals surface area contributed by atoms with E-state index in [0.29, 0.717) is 22.5 Å². The maximum atomic E-state index is 12.4. The van der Waals surface area contributed by atoms with Crippen molar-refractivity contribution in [3.63, 3.8) is 0 Å². The number of aryl methyl sites for hydroxylation is 3. The van der Waals surface area contributed by atoms with Crippen molar-refractivity contribution in [3.05, 3.63) is 52.5 Å². The van der Waals surface area contributed by atoms with Crippen LogP contribution in [0.2, 0.25) is 0 Å². The predicted molar refractivity (Wildman–Crippen MR) is 104 cm³/mol. The molecule has 0 bridgehead atoms. The minimum absolute atomic E-state index is 0.100. The van der Waals surface area contributed by atoms with Gasteiger partial charge in [-0.25, -0.2) is 0 Å². The fraction of sp³-hybridized carbons (Fsp3) is 0.263. The zero-order chi connectivity index (χ0) is 18.3. The molecule has 0 saturated heterocycles. The van der Waals surface area contributed by atoms with Gasteiger partial charge in [0, 0.05) is 43.9 Å². The molecule has 0 atom stereocenters. The average molecular weight is 415 g/mol. The summed E-state index contributed by atoms with van der Waals surface area (Å²) in [5.74, 6) is -0.100. The Balaban J connectivity index is 1.36. The first-order valence-corrected chi connectivity index (χ1v) is 9.28. The first-order chi connectivity index (χ1) is 12.5. The molecule has 0 aliphatic heterocycles. The number of hydrogen-bond acceptors (Lipinski definition) is 3. The number of rotatable bonds is 5. The van der Waals surface area contributed by atoms with Gasteiger partial charge in [0.25, 0.3) is 5.91 Å². The number of carbonyl (C=O) groups excluding carboxylic acids is 1. The summed E-state index contributed by atoms with van der Waals surface area (Å²) in [7, 11) is 1.86. The lowest BCUT2D eigenvalue weighted by molar-refractivity contribution is 0.0945. The van der Waals surface area contributed by atoms with E-state index in [1.807, 2.05) is 34.5 Å².